The van der Waals surface area contributed by atoms with Crippen LogP contribution in [0, 0.1) is 11.6 Å². The molecule has 24 heavy (non-hydrogen) atoms. The Kier molecular flexibility index (Phi) is 4.52. The highest BCUT2D eigenvalue weighted by atomic mass is 32.1. The molecule has 3 aromatic rings. The molecule has 2 N–H and O–H groups in total. The van der Waals surface area contributed by atoms with Crippen LogP contribution in [0.3, 0.4) is 0 Å². The number of nitrogens with one attached hydrogen (secondary N) is 2. The predicted octanol–water partition coefficient (Wildman–Crippen LogP) is 2.48. The van der Waals surface area contributed by atoms with E-state index in [9.17, 15) is 8.78 Å². The number of thiocarbonyl (C=S) groups is 1. The predicted molar refractivity (Wildman–Crippen MR) is 86.7 cm³/mol. The number of rotatable bonds is 4. The molecule has 0 aliphatic rings. The van der Waals surface area contributed by atoms with E-state index in [1.807, 2.05) is 0 Å². The molecule has 6 nitrogen and oxygen atoms in total. The number of nitrogens with zero attached hydrogens (tertiary/aromatic N) is 3. The Hall–Kier alpha value is -2.81. The first-order valence-corrected chi connectivity index (χ1v) is 7.33. The van der Waals surface area contributed by atoms with Crippen molar-refractivity contribution in [2.75, 3.05) is 7.11 Å². The van der Waals surface area contributed by atoms with Crippen LogP contribution >= 0.6 is 12.2 Å². The van der Waals surface area contributed by atoms with Gasteiger partial charge in [0.2, 0.25) is 0 Å². The van der Waals surface area contributed by atoms with Crippen LogP contribution in [-0.4, -0.2) is 32.3 Å². The summed E-state index contributed by atoms with van der Waals surface area (Å²) in [5.41, 5.74) is 0.563. The van der Waals surface area contributed by atoms with E-state index in [-0.39, 0.29) is 10.9 Å². The Morgan fingerprint density at radius 1 is 1.29 bits per heavy atom. The largest absolute Gasteiger partial charge is 0.474 e. The van der Waals surface area contributed by atoms with E-state index in [0.29, 0.717) is 11.3 Å². The third-order valence-electron chi connectivity index (χ3n) is 3.41. The van der Waals surface area contributed by atoms with Crippen molar-refractivity contribution in [1.82, 2.24) is 25.3 Å². The molecular formula is C15H13F2N5OS. The van der Waals surface area contributed by atoms with Crippen molar-refractivity contribution in [2.24, 2.45) is 0 Å². The summed E-state index contributed by atoms with van der Waals surface area (Å²) in [5, 5.41) is 13.0. The van der Waals surface area contributed by atoms with Crippen LogP contribution in [0.1, 0.15) is 17.3 Å². The molecule has 0 spiro atoms. The average Bonchev–Trinajstić information content (AvgIpc) is 3.25. The molecular weight excluding hydrogens is 336 g/mol. The second kappa shape index (κ2) is 6.75. The number of H-pyrrole nitrogens is 1. The zero-order valence-electron chi connectivity index (χ0n) is 12.5. The Bertz CT molecular complexity index is 813. The molecule has 124 valence electrons. The molecule has 9 heteroatoms. The summed E-state index contributed by atoms with van der Waals surface area (Å²) >= 11 is 4.98. The highest BCUT2D eigenvalue weighted by Gasteiger charge is 2.22. The fraction of sp³-hybridized carbons (Fsp3) is 0.133. The molecule has 3 rings (SSSR count). The average molecular weight is 349 g/mol. The van der Waals surface area contributed by atoms with Gasteiger partial charge in [0.05, 0.1) is 13.3 Å². The molecule has 0 radical (unpaired) electrons. The Morgan fingerprint density at radius 3 is 2.50 bits per heavy atom. The van der Waals surface area contributed by atoms with Crippen molar-refractivity contribution in [1.29, 1.82) is 0 Å². The third-order valence-corrected chi connectivity index (χ3v) is 3.70. The van der Waals surface area contributed by atoms with E-state index in [0.717, 1.165) is 0 Å². The van der Waals surface area contributed by atoms with Gasteiger partial charge in [0.15, 0.2) is 11.6 Å². The Labute approximate surface area is 141 Å². The normalized spacial score (nSPS) is 12.0. The van der Waals surface area contributed by atoms with Crippen LogP contribution in [0.15, 0.2) is 42.9 Å². The van der Waals surface area contributed by atoms with Crippen molar-refractivity contribution in [3.63, 3.8) is 0 Å². The number of aromatic amines is 1. The standard InChI is InChI=1S/C15H13F2N5OS/c1-23-15(24)19-13(12-8-18-21-20-12)9-6-10(16)14(11(17)7-9)22-4-2-3-5-22/h2-8,13H,1H3,(H,19,24)(H,18,20,21). The molecule has 2 aromatic heterocycles. The number of aromatic nitrogens is 4. The minimum absolute atomic E-state index is 0.0679. The monoisotopic (exact) mass is 349 g/mol. The van der Waals surface area contributed by atoms with E-state index in [1.165, 1.54) is 30.0 Å². The quantitative estimate of drug-likeness (QED) is 0.709. The van der Waals surface area contributed by atoms with Crippen molar-refractivity contribution in [2.45, 2.75) is 6.04 Å². The molecule has 0 aliphatic heterocycles. The van der Waals surface area contributed by atoms with Gasteiger partial charge in [-0.25, -0.2) is 8.78 Å². The maximum Gasteiger partial charge on any atom is 0.257 e. The fourth-order valence-electron chi connectivity index (χ4n) is 2.34. The second-order valence-electron chi connectivity index (χ2n) is 4.89. The van der Waals surface area contributed by atoms with Gasteiger partial charge in [-0.1, -0.05) is 0 Å². The topological polar surface area (TPSA) is 67.8 Å². The molecule has 1 unspecified atom stereocenters. The molecule has 0 saturated carbocycles. The number of halogens is 2. The lowest BCUT2D eigenvalue weighted by Gasteiger charge is -2.19. The van der Waals surface area contributed by atoms with E-state index < -0.39 is 17.7 Å². The lowest BCUT2D eigenvalue weighted by Crippen LogP contribution is -2.29. The van der Waals surface area contributed by atoms with Crippen LogP contribution in [0.5, 0.6) is 0 Å². The minimum atomic E-state index is -0.709. The summed E-state index contributed by atoms with van der Waals surface area (Å²) in [5.74, 6) is -1.42. The van der Waals surface area contributed by atoms with Gasteiger partial charge in [-0.2, -0.15) is 15.4 Å². The zero-order chi connectivity index (χ0) is 17.1. The Balaban J connectivity index is 2.04. The maximum atomic E-state index is 14.5. The van der Waals surface area contributed by atoms with Crippen LogP contribution in [0.2, 0.25) is 0 Å². The smallest absolute Gasteiger partial charge is 0.257 e. The van der Waals surface area contributed by atoms with Gasteiger partial charge in [-0.15, -0.1) is 0 Å². The van der Waals surface area contributed by atoms with E-state index in [1.54, 1.807) is 24.5 Å². The van der Waals surface area contributed by atoms with Gasteiger partial charge in [0.25, 0.3) is 5.17 Å². The lowest BCUT2D eigenvalue weighted by molar-refractivity contribution is 0.386. The fourth-order valence-corrected chi connectivity index (χ4v) is 2.45. The number of hydrogen-bond donors (Lipinski definition) is 2. The number of benzene rings is 1. The highest BCUT2D eigenvalue weighted by Crippen LogP contribution is 2.26. The first-order chi connectivity index (χ1) is 11.6. The first-order valence-electron chi connectivity index (χ1n) is 6.92. The van der Waals surface area contributed by atoms with Crippen molar-refractivity contribution in [3.05, 3.63) is 65.7 Å². The third kappa shape index (κ3) is 3.11. The van der Waals surface area contributed by atoms with E-state index in [2.05, 4.69) is 20.7 Å². The molecule has 0 amide bonds. The summed E-state index contributed by atoms with van der Waals surface area (Å²) < 4.78 is 35.3. The summed E-state index contributed by atoms with van der Waals surface area (Å²) in [6.07, 6.45) is 4.56. The molecule has 0 saturated heterocycles. The van der Waals surface area contributed by atoms with Gasteiger partial charge < -0.3 is 14.6 Å². The van der Waals surface area contributed by atoms with Crippen molar-refractivity contribution < 1.29 is 13.5 Å². The van der Waals surface area contributed by atoms with E-state index in [4.69, 9.17) is 17.0 Å². The van der Waals surface area contributed by atoms with Crippen LogP contribution in [-0.2, 0) is 4.74 Å². The first kappa shape index (κ1) is 16.1. The summed E-state index contributed by atoms with van der Waals surface area (Å²) in [6, 6.07) is 5.11. The Morgan fingerprint density at radius 2 is 1.96 bits per heavy atom. The molecule has 1 aromatic carbocycles. The number of hydrogen-bond acceptors (Lipinski definition) is 4. The summed E-state index contributed by atoms with van der Waals surface area (Å²) in [6.45, 7) is 0. The SMILES string of the molecule is COC(=S)NC(c1cc(F)c(-n2cccc2)c(F)c1)c1cn[nH]n1. The van der Waals surface area contributed by atoms with Crippen molar-refractivity contribution in [3.8, 4) is 5.69 Å². The maximum absolute atomic E-state index is 14.5. The van der Waals surface area contributed by atoms with Gasteiger partial charge >= 0.3 is 0 Å². The van der Waals surface area contributed by atoms with Crippen molar-refractivity contribution >= 4 is 17.4 Å². The van der Waals surface area contributed by atoms with Gasteiger partial charge in [-0.3, -0.25) is 0 Å². The molecule has 0 fully saturated rings. The lowest BCUT2D eigenvalue weighted by atomic mass is 10.0. The number of ether oxygens (including phenoxy) is 1. The minimum Gasteiger partial charge on any atom is -0.474 e. The molecule has 0 aliphatic carbocycles. The second-order valence-corrected chi connectivity index (χ2v) is 5.26. The van der Waals surface area contributed by atoms with Crippen LogP contribution in [0.4, 0.5) is 8.78 Å². The highest BCUT2D eigenvalue weighted by molar-refractivity contribution is 7.80. The van der Waals surface area contributed by atoms with Gasteiger partial charge in [-0.05, 0) is 42.0 Å². The van der Waals surface area contributed by atoms with Gasteiger partial charge in [0, 0.05) is 12.4 Å². The summed E-state index contributed by atoms with van der Waals surface area (Å²) in [7, 11) is 1.39. The molecule has 0 bridgehead atoms. The molecule has 2 heterocycles. The van der Waals surface area contributed by atoms with Gasteiger partial charge in [0.1, 0.15) is 17.4 Å². The zero-order valence-corrected chi connectivity index (χ0v) is 13.3. The number of methoxy groups -OCH3 is 1. The van der Waals surface area contributed by atoms with E-state index >= 15 is 0 Å². The molecule has 1 atom stereocenters. The van der Waals surface area contributed by atoms with Crippen LogP contribution < -0.4 is 5.32 Å². The summed E-state index contributed by atoms with van der Waals surface area (Å²) in [4.78, 5) is 0. The van der Waals surface area contributed by atoms with Crippen LogP contribution in [0.25, 0.3) is 5.69 Å².